The third-order valence-electron chi connectivity index (χ3n) is 4.55. The zero-order chi connectivity index (χ0) is 17.0. The maximum absolute atomic E-state index is 12.8. The number of hydrogen-bond acceptors (Lipinski definition) is 3. The molecule has 1 saturated heterocycles. The highest BCUT2D eigenvalue weighted by molar-refractivity contribution is 5.92. The van der Waals surface area contributed by atoms with Gasteiger partial charge in [-0.2, -0.15) is 0 Å². The molecular weight excluding hydrogens is 304 g/mol. The number of rotatable bonds is 5. The Labute approximate surface area is 142 Å². The fourth-order valence-corrected chi connectivity index (χ4v) is 3.14. The molecule has 1 aromatic carbocycles. The molecule has 3 rings (SSSR count). The SMILES string of the molecule is CN(CC1(O)CCOCC1)C(=O)c1cccn1Cc1ccccc1. The van der Waals surface area contributed by atoms with E-state index in [1.807, 2.05) is 53.2 Å². The average Bonchev–Trinajstić information content (AvgIpc) is 3.03. The Morgan fingerprint density at radius 3 is 2.62 bits per heavy atom. The molecule has 0 spiro atoms. The predicted molar refractivity (Wildman–Crippen MR) is 91.9 cm³/mol. The van der Waals surface area contributed by atoms with Crippen molar-refractivity contribution >= 4 is 5.91 Å². The summed E-state index contributed by atoms with van der Waals surface area (Å²) < 4.78 is 7.24. The molecule has 1 aromatic heterocycles. The van der Waals surface area contributed by atoms with E-state index in [1.54, 1.807) is 11.9 Å². The van der Waals surface area contributed by atoms with Crippen molar-refractivity contribution < 1.29 is 14.6 Å². The molecule has 1 fully saturated rings. The van der Waals surface area contributed by atoms with Gasteiger partial charge in [0.25, 0.3) is 5.91 Å². The second-order valence-electron chi connectivity index (χ2n) is 6.50. The van der Waals surface area contributed by atoms with E-state index in [1.165, 1.54) is 0 Å². The summed E-state index contributed by atoms with van der Waals surface area (Å²) in [6.07, 6.45) is 3.04. The van der Waals surface area contributed by atoms with Crippen molar-refractivity contribution in [2.24, 2.45) is 0 Å². The van der Waals surface area contributed by atoms with Crippen molar-refractivity contribution in [3.05, 3.63) is 59.9 Å². The van der Waals surface area contributed by atoms with Crippen LogP contribution in [0, 0.1) is 0 Å². The summed E-state index contributed by atoms with van der Waals surface area (Å²) >= 11 is 0. The fraction of sp³-hybridized carbons (Fsp3) is 0.421. The van der Waals surface area contributed by atoms with Gasteiger partial charge in [0.15, 0.2) is 0 Å². The van der Waals surface area contributed by atoms with Gasteiger partial charge in [0.2, 0.25) is 0 Å². The third-order valence-corrected chi connectivity index (χ3v) is 4.55. The Morgan fingerprint density at radius 2 is 1.92 bits per heavy atom. The van der Waals surface area contributed by atoms with Crippen LogP contribution >= 0.6 is 0 Å². The molecule has 5 nitrogen and oxygen atoms in total. The number of aromatic nitrogens is 1. The molecule has 0 bridgehead atoms. The van der Waals surface area contributed by atoms with E-state index in [9.17, 15) is 9.90 Å². The number of carbonyl (C=O) groups excluding carboxylic acids is 1. The van der Waals surface area contributed by atoms with Crippen molar-refractivity contribution in [1.82, 2.24) is 9.47 Å². The van der Waals surface area contributed by atoms with Gasteiger partial charge in [0.05, 0.1) is 5.60 Å². The van der Waals surface area contributed by atoms with Crippen molar-refractivity contribution in [1.29, 1.82) is 0 Å². The summed E-state index contributed by atoms with van der Waals surface area (Å²) in [5.41, 5.74) is 0.935. The maximum atomic E-state index is 12.8. The monoisotopic (exact) mass is 328 g/mol. The van der Waals surface area contributed by atoms with Crippen LogP contribution in [0.25, 0.3) is 0 Å². The normalized spacial score (nSPS) is 16.8. The summed E-state index contributed by atoms with van der Waals surface area (Å²) in [6.45, 7) is 2.07. The number of carbonyl (C=O) groups is 1. The number of likely N-dealkylation sites (N-methyl/N-ethyl adjacent to an activating group) is 1. The minimum Gasteiger partial charge on any atom is -0.388 e. The van der Waals surface area contributed by atoms with Crippen LogP contribution in [-0.4, -0.2) is 52.9 Å². The molecule has 1 aliphatic rings. The lowest BCUT2D eigenvalue weighted by Gasteiger charge is -2.35. The first kappa shape index (κ1) is 16.7. The van der Waals surface area contributed by atoms with Gasteiger partial charge in [0, 0.05) is 52.4 Å². The topological polar surface area (TPSA) is 54.7 Å². The molecule has 0 radical (unpaired) electrons. The van der Waals surface area contributed by atoms with Gasteiger partial charge in [-0.3, -0.25) is 4.79 Å². The molecule has 5 heteroatoms. The first-order valence-corrected chi connectivity index (χ1v) is 8.32. The molecule has 0 atom stereocenters. The Morgan fingerprint density at radius 1 is 1.21 bits per heavy atom. The fourth-order valence-electron chi connectivity index (χ4n) is 3.14. The van der Waals surface area contributed by atoms with Gasteiger partial charge >= 0.3 is 0 Å². The summed E-state index contributed by atoms with van der Waals surface area (Å²) in [5.74, 6) is -0.0733. The number of ether oxygens (including phenoxy) is 1. The Kier molecular flexibility index (Phi) is 5.02. The number of nitrogens with zero attached hydrogens (tertiary/aromatic N) is 2. The van der Waals surface area contributed by atoms with Crippen LogP contribution in [0.4, 0.5) is 0 Å². The summed E-state index contributed by atoms with van der Waals surface area (Å²) in [4.78, 5) is 14.4. The van der Waals surface area contributed by atoms with Crippen LogP contribution < -0.4 is 0 Å². The van der Waals surface area contributed by atoms with Crippen molar-refractivity contribution in [3.8, 4) is 0 Å². The van der Waals surface area contributed by atoms with E-state index in [4.69, 9.17) is 4.74 Å². The van der Waals surface area contributed by atoms with Gasteiger partial charge in [-0.1, -0.05) is 30.3 Å². The Hall–Kier alpha value is -2.11. The van der Waals surface area contributed by atoms with Crippen LogP contribution in [0.5, 0.6) is 0 Å². The molecule has 2 aromatic rings. The third kappa shape index (κ3) is 3.86. The van der Waals surface area contributed by atoms with E-state index < -0.39 is 5.60 Å². The lowest BCUT2D eigenvalue weighted by atomic mass is 9.94. The largest absolute Gasteiger partial charge is 0.388 e. The van der Waals surface area contributed by atoms with Crippen LogP contribution in [-0.2, 0) is 11.3 Å². The van der Waals surface area contributed by atoms with Gasteiger partial charge in [0.1, 0.15) is 5.69 Å². The van der Waals surface area contributed by atoms with Crippen LogP contribution in [0.3, 0.4) is 0 Å². The molecule has 24 heavy (non-hydrogen) atoms. The number of hydrogen-bond donors (Lipinski definition) is 1. The lowest BCUT2D eigenvalue weighted by Crippen LogP contribution is -2.47. The number of aliphatic hydroxyl groups is 1. The summed E-state index contributed by atoms with van der Waals surface area (Å²) in [7, 11) is 1.75. The maximum Gasteiger partial charge on any atom is 0.270 e. The van der Waals surface area contributed by atoms with Crippen LogP contribution in [0.15, 0.2) is 48.7 Å². The molecular formula is C19H24N2O3. The second kappa shape index (κ2) is 7.20. The smallest absolute Gasteiger partial charge is 0.270 e. The van der Waals surface area contributed by atoms with Crippen LogP contribution in [0.2, 0.25) is 0 Å². The zero-order valence-electron chi connectivity index (χ0n) is 14.0. The van der Waals surface area contributed by atoms with Gasteiger partial charge in [-0.25, -0.2) is 0 Å². The Balaban J connectivity index is 1.70. The van der Waals surface area contributed by atoms with Gasteiger partial charge < -0.3 is 19.3 Å². The molecule has 1 N–H and O–H groups in total. The summed E-state index contributed by atoms with van der Waals surface area (Å²) in [6, 6.07) is 13.8. The number of amides is 1. The second-order valence-corrected chi connectivity index (χ2v) is 6.50. The average molecular weight is 328 g/mol. The standard InChI is InChI=1S/C19H24N2O3/c1-20(15-19(23)9-12-24-13-10-19)18(22)17-8-5-11-21(17)14-16-6-3-2-4-7-16/h2-8,11,23H,9-10,12-15H2,1H3. The molecule has 0 aliphatic carbocycles. The number of benzene rings is 1. The van der Waals surface area contributed by atoms with E-state index in [0.29, 0.717) is 44.8 Å². The highest BCUT2D eigenvalue weighted by atomic mass is 16.5. The first-order valence-electron chi connectivity index (χ1n) is 8.32. The van der Waals surface area contributed by atoms with Crippen molar-refractivity contribution in [2.45, 2.75) is 25.0 Å². The van der Waals surface area contributed by atoms with E-state index in [0.717, 1.165) is 5.56 Å². The van der Waals surface area contributed by atoms with Crippen LogP contribution in [0.1, 0.15) is 28.9 Å². The first-order chi connectivity index (χ1) is 11.6. The predicted octanol–water partition coefficient (Wildman–Crippen LogP) is 2.15. The molecule has 0 unspecified atom stereocenters. The van der Waals surface area contributed by atoms with Gasteiger partial charge in [-0.15, -0.1) is 0 Å². The lowest BCUT2D eigenvalue weighted by molar-refractivity contribution is -0.0735. The molecule has 128 valence electrons. The van der Waals surface area contributed by atoms with E-state index in [2.05, 4.69) is 0 Å². The van der Waals surface area contributed by atoms with E-state index in [-0.39, 0.29) is 5.91 Å². The van der Waals surface area contributed by atoms with Gasteiger partial charge in [-0.05, 0) is 17.7 Å². The minimum atomic E-state index is -0.848. The van der Waals surface area contributed by atoms with E-state index >= 15 is 0 Å². The molecule has 0 saturated carbocycles. The molecule has 1 amide bonds. The summed E-state index contributed by atoms with van der Waals surface area (Å²) in [5, 5.41) is 10.6. The highest BCUT2D eigenvalue weighted by Crippen LogP contribution is 2.22. The minimum absolute atomic E-state index is 0.0733. The zero-order valence-corrected chi connectivity index (χ0v) is 14.0. The highest BCUT2D eigenvalue weighted by Gasteiger charge is 2.33. The molecule has 2 heterocycles. The van der Waals surface area contributed by atoms with Crippen molar-refractivity contribution in [2.75, 3.05) is 26.8 Å². The van der Waals surface area contributed by atoms with Crippen molar-refractivity contribution in [3.63, 3.8) is 0 Å². The Bertz CT molecular complexity index is 675. The molecule has 1 aliphatic heterocycles. The quantitative estimate of drug-likeness (QED) is 0.915.